The average molecular weight is 418 g/mol. The van der Waals surface area contributed by atoms with Crippen LogP contribution >= 0.6 is 0 Å². The van der Waals surface area contributed by atoms with Crippen molar-refractivity contribution in [3.8, 4) is 5.75 Å². The number of halogens is 1. The normalized spacial score (nSPS) is 26.8. The van der Waals surface area contributed by atoms with E-state index < -0.39 is 37.3 Å². The minimum Gasteiger partial charge on any atom is -0.464 e. The largest absolute Gasteiger partial charge is 0.464 e. The second kappa shape index (κ2) is 8.71. The van der Waals surface area contributed by atoms with E-state index in [0.717, 1.165) is 11.1 Å². The first-order chi connectivity index (χ1) is 14.5. The van der Waals surface area contributed by atoms with Crippen molar-refractivity contribution in [2.45, 2.75) is 43.5 Å². The van der Waals surface area contributed by atoms with Crippen LogP contribution in [0.1, 0.15) is 11.1 Å². The molecule has 3 aromatic rings. The fraction of sp³-hybridized carbons (Fsp3) is 0.364. The van der Waals surface area contributed by atoms with Gasteiger partial charge in [-0.15, -0.1) is 0 Å². The number of ether oxygens (including phenoxy) is 2. The Bertz CT molecular complexity index is 1000. The van der Waals surface area contributed by atoms with Crippen LogP contribution in [-0.2, 0) is 17.6 Å². The lowest BCUT2D eigenvalue weighted by Crippen LogP contribution is -2.60. The summed E-state index contributed by atoms with van der Waals surface area (Å²) >= 11 is 0. The van der Waals surface area contributed by atoms with Crippen LogP contribution in [0.25, 0.3) is 11.0 Å². The van der Waals surface area contributed by atoms with Crippen LogP contribution in [0.2, 0.25) is 0 Å². The maximum atomic E-state index is 13.4. The van der Waals surface area contributed by atoms with E-state index in [1.165, 1.54) is 12.1 Å². The number of aryl methyl sites for hydroxylation is 2. The van der Waals surface area contributed by atoms with Gasteiger partial charge in [0.25, 0.3) is 0 Å². The van der Waals surface area contributed by atoms with Crippen molar-refractivity contribution in [3.05, 3.63) is 65.7 Å². The third kappa shape index (κ3) is 4.05. The van der Waals surface area contributed by atoms with Crippen molar-refractivity contribution in [3.63, 3.8) is 0 Å². The summed E-state index contributed by atoms with van der Waals surface area (Å²) in [6, 6.07) is 11.5. The number of fused-ring (bicyclic) bond motifs is 1. The quantitative estimate of drug-likeness (QED) is 0.480. The Morgan fingerprint density at radius 1 is 0.967 bits per heavy atom. The Kier molecular flexibility index (Phi) is 6.03. The van der Waals surface area contributed by atoms with E-state index >= 15 is 0 Å². The number of hydrogen-bond donors (Lipinski definition) is 4. The molecular formula is C22H23FO7. The molecule has 0 aliphatic carbocycles. The summed E-state index contributed by atoms with van der Waals surface area (Å²) in [6.45, 7) is -0.542. The molecule has 1 saturated heterocycles. The van der Waals surface area contributed by atoms with Crippen LogP contribution in [-0.4, -0.2) is 57.7 Å². The van der Waals surface area contributed by atoms with Crippen LogP contribution in [0.5, 0.6) is 5.75 Å². The van der Waals surface area contributed by atoms with E-state index in [2.05, 4.69) is 0 Å². The van der Waals surface area contributed by atoms with Crippen LogP contribution < -0.4 is 4.74 Å². The molecule has 0 radical (unpaired) electrons. The second-order valence-electron chi connectivity index (χ2n) is 7.34. The molecule has 0 amide bonds. The summed E-state index contributed by atoms with van der Waals surface area (Å²) in [5.74, 6) is 0.0658. The molecule has 2 aromatic carbocycles. The topological polar surface area (TPSA) is 113 Å². The lowest BCUT2D eigenvalue weighted by atomic mass is 9.99. The molecular weight excluding hydrogens is 395 g/mol. The third-order valence-electron chi connectivity index (χ3n) is 5.30. The minimum absolute atomic E-state index is 0.295. The van der Waals surface area contributed by atoms with Gasteiger partial charge < -0.3 is 34.3 Å². The van der Waals surface area contributed by atoms with E-state index in [0.29, 0.717) is 29.6 Å². The van der Waals surface area contributed by atoms with Crippen molar-refractivity contribution in [1.82, 2.24) is 0 Å². The molecule has 2 heterocycles. The van der Waals surface area contributed by atoms with Gasteiger partial charge in [-0.25, -0.2) is 4.39 Å². The molecule has 1 fully saturated rings. The number of aliphatic hydroxyl groups is 4. The second-order valence-corrected chi connectivity index (χ2v) is 7.34. The van der Waals surface area contributed by atoms with Crippen molar-refractivity contribution in [2.24, 2.45) is 0 Å². The van der Waals surface area contributed by atoms with Crippen LogP contribution in [0.3, 0.4) is 0 Å². The molecule has 5 atom stereocenters. The summed E-state index contributed by atoms with van der Waals surface area (Å²) < 4.78 is 30.3. The minimum atomic E-state index is -1.53. The van der Waals surface area contributed by atoms with E-state index in [-0.39, 0.29) is 5.82 Å². The molecule has 0 spiro atoms. The number of hydrogen-bond acceptors (Lipinski definition) is 7. The molecule has 0 unspecified atom stereocenters. The zero-order valence-electron chi connectivity index (χ0n) is 16.0. The Labute approximate surface area is 171 Å². The van der Waals surface area contributed by atoms with Gasteiger partial charge in [-0.05, 0) is 42.7 Å². The SMILES string of the molecule is OC[C@H]1O[C@@H](Oc2cccc3occ(CCc4cccc(F)c4)c23)[C@H](O)[C@@H](O)[C@@H]1O. The number of benzene rings is 2. The maximum absolute atomic E-state index is 13.4. The van der Waals surface area contributed by atoms with Gasteiger partial charge in [0.1, 0.15) is 41.6 Å². The van der Waals surface area contributed by atoms with Crippen molar-refractivity contribution < 1.29 is 38.7 Å². The first-order valence-corrected chi connectivity index (χ1v) is 9.68. The monoisotopic (exact) mass is 418 g/mol. The number of furan rings is 1. The predicted octanol–water partition coefficient (Wildman–Crippen LogP) is 1.54. The predicted molar refractivity (Wildman–Crippen MR) is 104 cm³/mol. The number of rotatable bonds is 6. The maximum Gasteiger partial charge on any atom is 0.229 e. The van der Waals surface area contributed by atoms with Crippen molar-refractivity contribution >= 4 is 11.0 Å². The Morgan fingerprint density at radius 2 is 1.77 bits per heavy atom. The molecule has 1 aliphatic heterocycles. The average Bonchev–Trinajstić information content (AvgIpc) is 3.17. The Morgan fingerprint density at radius 3 is 2.53 bits per heavy atom. The van der Waals surface area contributed by atoms with Gasteiger partial charge in [-0.3, -0.25) is 0 Å². The molecule has 1 aromatic heterocycles. The van der Waals surface area contributed by atoms with Gasteiger partial charge in [0.2, 0.25) is 6.29 Å². The highest BCUT2D eigenvalue weighted by Gasteiger charge is 2.44. The van der Waals surface area contributed by atoms with Gasteiger partial charge in [0, 0.05) is 5.56 Å². The Balaban J connectivity index is 1.58. The molecule has 0 bridgehead atoms. The fourth-order valence-corrected chi connectivity index (χ4v) is 3.66. The molecule has 0 saturated carbocycles. The highest BCUT2D eigenvalue weighted by molar-refractivity contribution is 5.87. The zero-order chi connectivity index (χ0) is 21.3. The van der Waals surface area contributed by atoms with Gasteiger partial charge >= 0.3 is 0 Å². The van der Waals surface area contributed by atoms with Gasteiger partial charge in [-0.1, -0.05) is 18.2 Å². The summed E-state index contributed by atoms with van der Waals surface area (Å²) in [5, 5.41) is 40.2. The van der Waals surface area contributed by atoms with Crippen LogP contribution in [0.15, 0.2) is 53.1 Å². The third-order valence-corrected chi connectivity index (χ3v) is 5.30. The molecule has 7 nitrogen and oxygen atoms in total. The number of aliphatic hydroxyl groups excluding tert-OH is 4. The fourth-order valence-electron chi connectivity index (χ4n) is 3.66. The molecule has 160 valence electrons. The smallest absolute Gasteiger partial charge is 0.229 e. The molecule has 8 heteroatoms. The highest BCUT2D eigenvalue weighted by atomic mass is 19.1. The van der Waals surface area contributed by atoms with E-state index in [1.54, 1.807) is 30.5 Å². The molecule has 4 N–H and O–H groups in total. The van der Waals surface area contributed by atoms with Crippen molar-refractivity contribution in [2.75, 3.05) is 6.61 Å². The molecule has 1 aliphatic rings. The van der Waals surface area contributed by atoms with Crippen LogP contribution in [0, 0.1) is 5.82 Å². The van der Waals surface area contributed by atoms with Crippen LogP contribution in [0.4, 0.5) is 4.39 Å². The van der Waals surface area contributed by atoms with Gasteiger partial charge in [-0.2, -0.15) is 0 Å². The van der Waals surface area contributed by atoms with Gasteiger partial charge in [0.05, 0.1) is 18.3 Å². The first kappa shape index (κ1) is 20.8. The lowest BCUT2D eigenvalue weighted by Gasteiger charge is -2.39. The molecule has 30 heavy (non-hydrogen) atoms. The molecule has 4 rings (SSSR count). The van der Waals surface area contributed by atoms with Crippen molar-refractivity contribution in [1.29, 1.82) is 0 Å². The van der Waals surface area contributed by atoms with E-state index in [4.69, 9.17) is 13.9 Å². The summed E-state index contributed by atoms with van der Waals surface area (Å²) in [4.78, 5) is 0. The zero-order valence-corrected chi connectivity index (χ0v) is 16.0. The lowest BCUT2D eigenvalue weighted by molar-refractivity contribution is -0.277. The standard InChI is InChI=1S/C22H23FO7/c23-14-4-1-3-12(9-14)7-8-13-11-28-15-5-2-6-16(18(13)15)29-22-21(27)20(26)19(25)17(10-24)30-22/h1-6,9,11,17,19-22,24-27H,7-8,10H2/t17-,19-,20+,21-,22-/m1/s1. The first-order valence-electron chi connectivity index (χ1n) is 9.68. The summed E-state index contributed by atoms with van der Waals surface area (Å²) in [7, 11) is 0. The van der Waals surface area contributed by atoms with E-state index in [9.17, 15) is 24.8 Å². The summed E-state index contributed by atoms with van der Waals surface area (Å²) in [5.41, 5.74) is 2.23. The van der Waals surface area contributed by atoms with E-state index in [1.807, 2.05) is 6.07 Å². The van der Waals surface area contributed by atoms with Gasteiger partial charge in [0.15, 0.2) is 0 Å². The Hall–Kier alpha value is -2.49. The summed E-state index contributed by atoms with van der Waals surface area (Å²) in [6.07, 6.45) is -4.12. The highest BCUT2D eigenvalue weighted by Crippen LogP contribution is 2.34.